The van der Waals surface area contributed by atoms with Gasteiger partial charge in [0.2, 0.25) is 5.56 Å². The second-order valence-electron chi connectivity index (χ2n) is 11.4. The number of likely N-dealkylation sites (tertiary alicyclic amines) is 1. The number of aliphatic hydroxyl groups excluding tert-OH is 1. The fraction of sp³-hybridized carbons (Fsp3) is 0.452. The molecule has 9 heteroatoms. The first kappa shape index (κ1) is 27.7. The van der Waals surface area contributed by atoms with Gasteiger partial charge in [-0.25, -0.2) is 0 Å². The van der Waals surface area contributed by atoms with Gasteiger partial charge in [0.1, 0.15) is 0 Å². The predicted molar refractivity (Wildman–Crippen MR) is 164 cm³/mol. The van der Waals surface area contributed by atoms with E-state index in [1.54, 1.807) is 29.6 Å². The minimum atomic E-state index is -0.0897. The third-order valence-corrected chi connectivity index (χ3v) is 10.5. The van der Waals surface area contributed by atoms with Gasteiger partial charge in [-0.1, -0.05) is 49.5 Å². The Bertz CT molecular complexity index is 1400. The van der Waals surface area contributed by atoms with Gasteiger partial charge < -0.3 is 29.9 Å². The predicted octanol–water partition coefficient (Wildman–Crippen LogP) is 5.25. The fourth-order valence-electron chi connectivity index (χ4n) is 6.22. The molecule has 0 aliphatic carbocycles. The lowest BCUT2D eigenvalue weighted by atomic mass is 9.91. The quantitative estimate of drug-likeness (QED) is 0.275. The number of morpholine rings is 1. The molecule has 40 heavy (non-hydrogen) atoms. The average Bonchev–Trinajstić information content (AvgIpc) is 2.95. The lowest BCUT2D eigenvalue weighted by Crippen LogP contribution is -2.45. The van der Waals surface area contributed by atoms with E-state index < -0.39 is 0 Å². The first-order valence-electron chi connectivity index (χ1n) is 14.2. The van der Waals surface area contributed by atoms with E-state index >= 15 is 0 Å². The van der Waals surface area contributed by atoms with Crippen LogP contribution < -0.4 is 15.8 Å². The maximum absolute atomic E-state index is 12.6. The summed E-state index contributed by atoms with van der Waals surface area (Å²) < 4.78 is 5.50. The number of aliphatic hydroxyl groups is 1. The Morgan fingerprint density at radius 2 is 1.82 bits per heavy atom. The van der Waals surface area contributed by atoms with Crippen LogP contribution in [0.2, 0.25) is 0 Å². The van der Waals surface area contributed by atoms with Crippen LogP contribution in [0.4, 0.5) is 11.4 Å². The molecule has 0 spiro atoms. The van der Waals surface area contributed by atoms with Crippen LogP contribution in [0.1, 0.15) is 20.3 Å². The molecule has 2 fully saturated rings. The van der Waals surface area contributed by atoms with Crippen molar-refractivity contribution in [3.63, 3.8) is 0 Å². The number of piperidine rings is 1. The number of aromatic nitrogens is 1. The van der Waals surface area contributed by atoms with Crippen LogP contribution >= 0.6 is 23.5 Å². The summed E-state index contributed by atoms with van der Waals surface area (Å²) in [5.74, 6) is 1.40. The molecule has 3 N–H and O–H groups in total. The number of H-pyrrole nitrogens is 1. The van der Waals surface area contributed by atoms with Crippen molar-refractivity contribution < 1.29 is 9.84 Å². The monoisotopic (exact) mass is 578 g/mol. The minimum Gasteiger partial charge on any atom is -0.394 e. The summed E-state index contributed by atoms with van der Waals surface area (Å²) in [7, 11) is 0. The Morgan fingerprint density at radius 3 is 2.60 bits per heavy atom. The number of fused-ring (bicyclic) bond motifs is 2. The topological polar surface area (TPSA) is 80.8 Å². The number of rotatable bonds is 7. The van der Waals surface area contributed by atoms with Crippen LogP contribution in [0.25, 0.3) is 11.3 Å². The van der Waals surface area contributed by atoms with Gasteiger partial charge in [0, 0.05) is 75.3 Å². The van der Waals surface area contributed by atoms with Crippen LogP contribution in [-0.4, -0.2) is 73.6 Å². The van der Waals surface area contributed by atoms with Gasteiger partial charge in [0.05, 0.1) is 31.6 Å². The number of pyridine rings is 1. The Kier molecular flexibility index (Phi) is 8.46. The van der Waals surface area contributed by atoms with Gasteiger partial charge in [-0.05, 0) is 48.6 Å². The van der Waals surface area contributed by atoms with Crippen molar-refractivity contribution >= 4 is 34.9 Å². The van der Waals surface area contributed by atoms with E-state index in [2.05, 4.69) is 76.4 Å². The summed E-state index contributed by atoms with van der Waals surface area (Å²) in [6.45, 7) is 10.7. The SMILES string of the molecule is CC1CC(C)CN(CC(CO)Nc2ccc3c(c2)Sc2cccc(-c4cc(N5CCOCC5)cc(=O)[nH]4)c2S3)C1. The van der Waals surface area contributed by atoms with Gasteiger partial charge in [-0.3, -0.25) is 4.79 Å². The van der Waals surface area contributed by atoms with E-state index in [9.17, 15) is 9.90 Å². The summed E-state index contributed by atoms with van der Waals surface area (Å²) >= 11 is 3.51. The number of nitrogens with one attached hydrogen (secondary N) is 2. The highest BCUT2D eigenvalue weighted by Crippen LogP contribution is 2.52. The normalized spacial score (nSPS) is 21.9. The van der Waals surface area contributed by atoms with Crippen LogP contribution in [0.5, 0.6) is 0 Å². The zero-order chi connectivity index (χ0) is 27.6. The van der Waals surface area contributed by atoms with E-state index in [1.165, 1.54) is 21.1 Å². The molecule has 3 aromatic rings. The zero-order valence-corrected chi connectivity index (χ0v) is 24.8. The van der Waals surface area contributed by atoms with Gasteiger partial charge in [0.25, 0.3) is 0 Å². The fourth-order valence-corrected chi connectivity index (χ4v) is 8.63. The van der Waals surface area contributed by atoms with E-state index in [-0.39, 0.29) is 18.2 Å². The first-order valence-corrected chi connectivity index (χ1v) is 15.9. The number of anilines is 2. The van der Waals surface area contributed by atoms with E-state index in [0.29, 0.717) is 25.0 Å². The number of hydrogen-bond acceptors (Lipinski definition) is 8. The summed E-state index contributed by atoms with van der Waals surface area (Å²) in [6.07, 6.45) is 1.28. The molecule has 0 bridgehead atoms. The summed E-state index contributed by atoms with van der Waals surface area (Å²) in [5.41, 5.74) is 3.77. The van der Waals surface area contributed by atoms with E-state index in [0.717, 1.165) is 60.3 Å². The third kappa shape index (κ3) is 6.24. The molecule has 0 saturated carbocycles. The smallest absolute Gasteiger partial charge is 0.250 e. The Balaban J connectivity index is 1.20. The van der Waals surface area contributed by atoms with Crippen LogP contribution in [0, 0.1) is 11.8 Å². The standard InChI is InChI=1S/C31H38N4O3S2/c1-20-12-21(2)17-34(16-20)18-23(19-36)32-22-6-7-27-29(13-22)39-28-5-3-4-25(31(28)40-27)26-14-24(15-30(37)33-26)35-8-10-38-11-9-35/h3-7,13-15,20-21,23,32,36H,8-12,16-19H2,1-2H3,(H,33,37). The van der Waals surface area contributed by atoms with Crippen molar-refractivity contribution in [1.82, 2.24) is 9.88 Å². The van der Waals surface area contributed by atoms with Crippen molar-refractivity contribution in [1.29, 1.82) is 0 Å². The van der Waals surface area contributed by atoms with Crippen LogP contribution in [0.3, 0.4) is 0 Å². The van der Waals surface area contributed by atoms with Crippen LogP contribution in [-0.2, 0) is 4.74 Å². The number of ether oxygens (including phenoxy) is 1. The Morgan fingerprint density at radius 1 is 1.02 bits per heavy atom. The van der Waals surface area contributed by atoms with E-state index in [1.807, 2.05) is 0 Å². The average molecular weight is 579 g/mol. The molecule has 0 radical (unpaired) electrons. The molecule has 7 nitrogen and oxygen atoms in total. The summed E-state index contributed by atoms with van der Waals surface area (Å²) in [5, 5.41) is 13.7. The molecule has 212 valence electrons. The van der Waals surface area contributed by atoms with Crippen molar-refractivity contribution in [2.45, 2.75) is 45.9 Å². The summed E-state index contributed by atoms with van der Waals surface area (Å²) in [4.78, 5) is 25.2. The zero-order valence-electron chi connectivity index (χ0n) is 23.2. The second-order valence-corrected chi connectivity index (χ2v) is 13.5. The van der Waals surface area contributed by atoms with Crippen molar-refractivity contribution in [3.8, 4) is 11.3 Å². The highest BCUT2D eigenvalue weighted by atomic mass is 32.2. The maximum atomic E-state index is 12.6. The highest BCUT2D eigenvalue weighted by Gasteiger charge is 2.25. The summed E-state index contributed by atoms with van der Waals surface area (Å²) in [6, 6.07) is 16.6. The number of hydrogen-bond donors (Lipinski definition) is 3. The second kappa shape index (κ2) is 12.2. The van der Waals surface area contributed by atoms with Gasteiger partial charge in [-0.2, -0.15) is 0 Å². The molecular weight excluding hydrogens is 541 g/mol. The first-order chi connectivity index (χ1) is 19.4. The van der Waals surface area contributed by atoms with Gasteiger partial charge in [-0.15, -0.1) is 0 Å². The molecule has 3 aliphatic rings. The molecule has 3 unspecified atom stereocenters. The Labute approximate surface area is 244 Å². The molecule has 4 heterocycles. The minimum absolute atomic E-state index is 0.00810. The van der Waals surface area contributed by atoms with Crippen LogP contribution in [0.15, 0.2) is 72.9 Å². The van der Waals surface area contributed by atoms with Gasteiger partial charge >= 0.3 is 0 Å². The molecule has 2 aromatic carbocycles. The number of nitrogens with zero attached hydrogens (tertiary/aromatic N) is 2. The van der Waals surface area contributed by atoms with Gasteiger partial charge in [0.15, 0.2) is 0 Å². The number of aromatic amines is 1. The molecule has 2 saturated heterocycles. The molecular formula is C31H38N4O3S2. The highest BCUT2D eigenvalue weighted by molar-refractivity contribution is 8.05. The van der Waals surface area contributed by atoms with E-state index in [4.69, 9.17) is 4.74 Å². The molecule has 0 amide bonds. The lowest BCUT2D eigenvalue weighted by molar-refractivity contribution is 0.122. The molecule has 3 atom stereocenters. The van der Waals surface area contributed by atoms with Crippen molar-refractivity contribution in [3.05, 3.63) is 58.9 Å². The third-order valence-electron chi connectivity index (χ3n) is 7.86. The lowest BCUT2D eigenvalue weighted by Gasteiger charge is -2.37. The molecule has 1 aromatic heterocycles. The molecule has 6 rings (SSSR count). The largest absolute Gasteiger partial charge is 0.394 e. The number of benzene rings is 2. The molecule has 3 aliphatic heterocycles. The Hall–Kier alpha value is -2.43. The van der Waals surface area contributed by atoms with Crippen molar-refractivity contribution in [2.75, 3.05) is 62.8 Å². The maximum Gasteiger partial charge on any atom is 0.250 e. The van der Waals surface area contributed by atoms with Crippen molar-refractivity contribution in [2.24, 2.45) is 11.8 Å².